The van der Waals surface area contributed by atoms with Crippen molar-refractivity contribution in [3.8, 4) is 0 Å². The Balaban J connectivity index is 3.71. The Bertz CT molecular complexity index is 167. The molecule has 0 aromatic heterocycles. The van der Waals surface area contributed by atoms with E-state index in [1.165, 1.54) is 6.42 Å². The molecule has 0 heterocycles. The van der Waals surface area contributed by atoms with Gasteiger partial charge in [-0.1, -0.05) is 33.1 Å². The van der Waals surface area contributed by atoms with E-state index in [1.807, 2.05) is 6.92 Å². The second-order valence-electron chi connectivity index (χ2n) is 4.13. The zero-order chi connectivity index (χ0) is 11.0. The van der Waals surface area contributed by atoms with E-state index in [0.29, 0.717) is 0 Å². The average Bonchev–Trinajstić information content (AvgIpc) is 2.12. The number of hydrogen-bond acceptors (Lipinski definition) is 2. The van der Waals surface area contributed by atoms with E-state index in [1.54, 1.807) is 6.92 Å². The van der Waals surface area contributed by atoms with Gasteiger partial charge in [-0.25, -0.2) is 0 Å². The molecular formula is C11H24N2O. The Morgan fingerprint density at radius 2 is 1.93 bits per heavy atom. The minimum atomic E-state index is -0.693. The van der Waals surface area contributed by atoms with Gasteiger partial charge in [-0.2, -0.15) is 0 Å². The zero-order valence-corrected chi connectivity index (χ0v) is 9.73. The van der Waals surface area contributed by atoms with Crippen LogP contribution in [0.5, 0.6) is 0 Å². The van der Waals surface area contributed by atoms with Gasteiger partial charge in [-0.15, -0.1) is 0 Å². The second-order valence-corrected chi connectivity index (χ2v) is 4.13. The molecule has 0 rings (SSSR count). The van der Waals surface area contributed by atoms with Crippen LogP contribution in [0.15, 0.2) is 0 Å². The molecule has 1 atom stereocenters. The van der Waals surface area contributed by atoms with E-state index in [4.69, 9.17) is 5.73 Å². The number of amides is 1. The summed E-state index contributed by atoms with van der Waals surface area (Å²) in [5.41, 5.74) is 5.18. The van der Waals surface area contributed by atoms with Crippen LogP contribution < -0.4 is 11.1 Å². The molecule has 0 saturated heterocycles. The van der Waals surface area contributed by atoms with Crippen molar-refractivity contribution >= 4 is 5.91 Å². The summed E-state index contributed by atoms with van der Waals surface area (Å²) in [5, 5.41) is 2.88. The standard InChI is InChI=1S/C11H24N2O/c1-4-6-7-9-13-10(14)11(3,12)8-5-2/h4-9,12H2,1-3H3,(H,13,14). The van der Waals surface area contributed by atoms with Gasteiger partial charge < -0.3 is 11.1 Å². The number of hydrogen-bond donors (Lipinski definition) is 2. The average molecular weight is 200 g/mol. The molecule has 0 aromatic carbocycles. The van der Waals surface area contributed by atoms with E-state index in [-0.39, 0.29) is 5.91 Å². The highest BCUT2D eigenvalue weighted by molar-refractivity contribution is 5.85. The second kappa shape index (κ2) is 6.82. The normalized spacial score (nSPS) is 14.9. The van der Waals surface area contributed by atoms with Gasteiger partial charge in [0, 0.05) is 6.54 Å². The number of carbonyl (C=O) groups excluding carboxylic acids is 1. The van der Waals surface area contributed by atoms with Crippen LogP contribution in [-0.2, 0) is 4.79 Å². The van der Waals surface area contributed by atoms with Gasteiger partial charge in [-0.3, -0.25) is 4.79 Å². The third kappa shape index (κ3) is 5.22. The molecule has 3 N–H and O–H groups in total. The van der Waals surface area contributed by atoms with Crippen molar-refractivity contribution in [1.82, 2.24) is 5.32 Å². The Labute approximate surface area is 87.4 Å². The molecule has 0 radical (unpaired) electrons. The van der Waals surface area contributed by atoms with Gasteiger partial charge in [0.1, 0.15) is 0 Å². The quantitative estimate of drug-likeness (QED) is 0.616. The summed E-state index contributed by atoms with van der Waals surface area (Å²) in [4.78, 5) is 11.6. The molecule has 84 valence electrons. The SMILES string of the molecule is CCCCCNC(=O)C(C)(N)CCC. The van der Waals surface area contributed by atoms with Crippen molar-refractivity contribution in [2.24, 2.45) is 5.73 Å². The lowest BCUT2D eigenvalue weighted by Crippen LogP contribution is -2.51. The van der Waals surface area contributed by atoms with Gasteiger partial charge in [0.15, 0.2) is 0 Å². The van der Waals surface area contributed by atoms with Crippen molar-refractivity contribution in [2.75, 3.05) is 6.54 Å². The van der Waals surface area contributed by atoms with Crippen molar-refractivity contribution in [3.05, 3.63) is 0 Å². The summed E-state index contributed by atoms with van der Waals surface area (Å²) in [7, 11) is 0. The van der Waals surface area contributed by atoms with Crippen LogP contribution >= 0.6 is 0 Å². The molecular weight excluding hydrogens is 176 g/mol. The first-order chi connectivity index (χ1) is 6.54. The Hall–Kier alpha value is -0.570. The van der Waals surface area contributed by atoms with Crippen molar-refractivity contribution in [1.29, 1.82) is 0 Å². The molecule has 0 fully saturated rings. The summed E-state index contributed by atoms with van der Waals surface area (Å²) >= 11 is 0. The van der Waals surface area contributed by atoms with Gasteiger partial charge in [-0.05, 0) is 19.8 Å². The summed E-state index contributed by atoms with van der Waals surface area (Å²) in [6.45, 7) is 6.73. The lowest BCUT2D eigenvalue weighted by Gasteiger charge is -2.22. The molecule has 1 amide bonds. The topological polar surface area (TPSA) is 55.1 Å². The fourth-order valence-corrected chi connectivity index (χ4v) is 1.41. The fraction of sp³-hybridized carbons (Fsp3) is 0.909. The molecule has 0 aliphatic heterocycles. The number of nitrogens with one attached hydrogen (secondary N) is 1. The van der Waals surface area contributed by atoms with E-state index in [0.717, 1.165) is 32.2 Å². The maximum atomic E-state index is 11.6. The van der Waals surface area contributed by atoms with Crippen molar-refractivity contribution in [2.45, 2.75) is 58.4 Å². The summed E-state index contributed by atoms with van der Waals surface area (Å²) < 4.78 is 0. The van der Waals surface area contributed by atoms with Crippen LogP contribution in [0.25, 0.3) is 0 Å². The molecule has 0 aliphatic rings. The van der Waals surface area contributed by atoms with Crippen LogP contribution in [0.4, 0.5) is 0 Å². The molecule has 0 bridgehead atoms. The Morgan fingerprint density at radius 3 is 2.43 bits per heavy atom. The maximum Gasteiger partial charge on any atom is 0.239 e. The van der Waals surface area contributed by atoms with E-state index < -0.39 is 5.54 Å². The van der Waals surface area contributed by atoms with Crippen LogP contribution in [0.1, 0.15) is 52.9 Å². The number of nitrogens with two attached hydrogens (primary N) is 1. The predicted molar refractivity (Wildman–Crippen MR) is 60.0 cm³/mol. The highest BCUT2D eigenvalue weighted by Gasteiger charge is 2.26. The third-order valence-electron chi connectivity index (χ3n) is 2.35. The molecule has 14 heavy (non-hydrogen) atoms. The first kappa shape index (κ1) is 13.4. The Morgan fingerprint density at radius 1 is 1.29 bits per heavy atom. The Kier molecular flexibility index (Phi) is 6.54. The van der Waals surface area contributed by atoms with Gasteiger partial charge in [0.25, 0.3) is 0 Å². The molecule has 0 aromatic rings. The van der Waals surface area contributed by atoms with Crippen LogP contribution in [0, 0.1) is 0 Å². The molecule has 0 aliphatic carbocycles. The van der Waals surface area contributed by atoms with Gasteiger partial charge in [0.05, 0.1) is 5.54 Å². The largest absolute Gasteiger partial charge is 0.355 e. The van der Waals surface area contributed by atoms with Crippen LogP contribution in [0.2, 0.25) is 0 Å². The molecule has 3 nitrogen and oxygen atoms in total. The minimum Gasteiger partial charge on any atom is -0.355 e. The highest BCUT2D eigenvalue weighted by Crippen LogP contribution is 2.08. The first-order valence-electron chi connectivity index (χ1n) is 5.61. The van der Waals surface area contributed by atoms with Crippen molar-refractivity contribution in [3.63, 3.8) is 0 Å². The van der Waals surface area contributed by atoms with E-state index >= 15 is 0 Å². The van der Waals surface area contributed by atoms with E-state index in [2.05, 4.69) is 12.2 Å². The van der Waals surface area contributed by atoms with Gasteiger partial charge in [0.2, 0.25) is 5.91 Å². The monoisotopic (exact) mass is 200 g/mol. The summed E-state index contributed by atoms with van der Waals surface area (Å²) in [6.07, 6.45) is 5.06. The molecule has 1 unspecified atom stereocenters. The van der Waals surface area contributed by atoms with Crippen LogP contribution in [0.3, 0.4) is 0 Å². The number of carbonyl (C=O) groups is 1. The zero-order valence-electron chi connectivity index (χ0n) is 9.73. The minimum absolute atomic E-state index is 0.0181. The summed E-state index contributed by atoms with van der Waals surface area (Å²) in [5.74, 6) is -0.0181. The van der Waals surface area contributed by atoms with Crippen LogP contribution in [-0.4, -0.2) is 18.0 Å². The number of rotatable bonds is 7. The molecule has 3 heteroatoms. The van der Waals surface area contributed by atoms with Crippen molar-refractivity contribution < 1.29 is 4.79 Å². The third-order valence-corrected chi connectivity index (χ3v) is 2.35. The molecule has 0 spiro atoms. The maximum absolute atomic E-state index is 11.6. The van der Waals surface area contributed by atoms with Gasteiger partial charge >= 0.3 is 0 Å². The summed E-state index contributed by atoms with van der Waals surface area (Å²) in [6, 6.07) is 0. The fourth-order valence-electron chi connectivity index (χ4n) is 1.41. The molecule has 0 saturated carbocycles. The lowest BCUT2D eigenvalue weighted by molar-refractivity contribution is -0.126. The lowest BCUT2D eigenvalue weighted by atomic mass is 9.96. The first-order valence-corrected chi connectivity index (χ1v) is 5.61. The number of unbranched alkanes of at least 4 members (excludes halogenated alkanes) is 2. The predicted octanol–water partition coefficient (Wildman–Crippen LogP) is 1.81. The smallest absolute Gasteiger partial charge is 0.239 e. The van der Waals surface area contributed by atoms with E-state index in [9.17, 15) is 4.79 Å². The highest BCUT2D eigenvalue weighted by atomic mass is 16.2.